The second-order valence-electron chi connectivity index (χ2n) is 8.00. The van der Waals surface area contributed by atoms with Crippen LogP contribution in [0.15, 0.2) is 48.5 Å². The molecule has 0 aliphatic heterocycles. The maximum absolute atomic E-state index is 13.3. The molecule has 2 rings (SSSR count). The molecule has 1 atom stereocenters. The summed E-state index contributed by atoms with van der Waals surface area (Å²) in [5, 5.41) is 3.29. The summed E-state index contributed by atoms with van der Waals surface area (Å²) in [5.41, 5.74) is 1.02. The van der Waals surface area contributed by atoms with Crippen LogP contribution in [0, 0.1) is 5.82 Å². The van der Waals surface area contributed by atoms with Gasteiger partial charge >= 0.3 is 0 Å². The fraction of sp³-hybridized carbons (Fsp3) is 0.417. The predicted octanol–water partition coefficient (Wildman–Crippen LogP) is 3.97. The zero-order chi connectivity index (χ0) is 25.3. The summed E-state index contributed by atoms with van der Waals surface area (Å²) in [4.78, 5) is 27.2. The number of carbonyl (C=O) groups is 2. The van der Waals surface area contributed by atoms with Crippen LogP contribution in [0.3, 0.4) is 0 Å². The molecule has 0 fully saturated rings. The van der Waals surface area contributed by atoms with Crippen molar-refractivity contribution >= 4 is 39.1 Å². The van der Waals surface area contributed by atoms with Crippen LogP contribution in [0.4, 0.5) is 10.1 Å². The Labute approximate surface area is 205 Å². The number of benzene rings is 2. The highest BCUT2D eigenvalue weighted by atomic mass is 35.5. The third-order valence-corrected chi connectivity index (χ3v) is 6.84. The Kier molecular flexibility index (Phi) is 10.3. The molecule has 186 valence electrons. The highest BCUT2D eigenvalue weighted by molar-refractivity contribution is 7.92. The van der Waals surface area contributed by atoms with Crippen molar-refractivity contribution in [1.82, 2.24) is 10.2 Å². The summed E-state index contributed by atoms with van der Waals surface area (Å²) in [6.07, 6.45) is 2.05. The third kappa shape index (κ3) is 7.99. The fourth-order valence-corrected chi connectivity index (χ4v) is 4.56. The van der Waals surface area contributed by atoms with Gasteiger partial charge in [-0.3, -0.25) is 13.9 Å². The van der Waals surface area contributed by atoms with Crippen molar-refractivity contribution in [2.24, 2.45) is 0 Å². The SMILES string of the molecule is CCCNC(=O)[C@@H](C)N(Cc1ccccc1Cl)C(=O)CCCN(c1ccc(F)cc1)S(C)(=O)=O. The van der Waals surface area contributed by atoms with E-state index >= 15 is 0 Å². The van der Waals surface area contributed by atoms with Gasteiger partial charge in [-0.2, -0.15) is 0 Å². The topological polar surface area (TPSA) is 86.8 Å². The van der Waals surface area contributed by atoms with Crippen molar-refractivity contribution in [2.75, 3.05) is 23.7 Å². The van der Waals surface area contributed by atoms with E-state index in [1.165, 1.54) is 29.2 Å². The van der Waals surface area contributed by atoms with Gasteiger partial charge in [-0.15, -0.1) is 0 Å². The molecule has 7 nitrogen and oxygen atoms in total. The molecule has 0 saturated carbocycles. The van der Waals surface area contributed by atoms with E-state index in [0.717, 1.165) is 17.0 Å². The molecular formula is C24H31ClFN3O4S. The number of nitrogens with one attached hydrogen (secondary N) is 1. The molecule has 2 aromatic rings. The normalized spacial score (nSPS) is 12.1. The standard InChI is InChI=1S/C24H31ClFN3O4S/c1-4-15-27-24(31)18(2)28(17-19-8-5-6-9-22(19)25)23(30)10-7-16-29(34(3,32)33)21-13-11-20(26)12-14-21/h5-6,8-9,11-14,18H,4,7,10,15-17H2,1-3H3,(H,27,31)/t18-/m1/s1. The van der Waals surface area contributed by atoms with Crippen LogP contribution in [0.5, 0.6) is 0 Å². The molecule has 0 unspecified atom stereocenters. The second-order valence-corrected chi connectivity index (χ2v) is 10.3. The van der Waals surface area contributed by atoms with Crippen LogP contribution in [0.2, 0.25) is 5.02 Å². The summed E-state index contributed by atoms with van der Waals surface area (Å²) in [5.74, 6) is -1.05. The van der Waals surface area contributed by atoms with Crippen LogP contribution < -0.4 is 9.62 Å². The van der Waals surface area contributed by atoms with Gasteiger partial charge in [0.2, 0.25) is 21.8 Å². The molecule has 0 heterocycles. The molecule has 34 heavy (non-hydrogen) atoms. The lowest BCUT2D eigenvalue weighted by Crippen LogP contribution is -2.47. The molecule has 10 heteroatoms. The van der Waals surface area contributed by atoms with E-state index in [4.69, 9.17) is 11.6 Å². The van der Waals surface area contributed by atoms with E-state index in [0.29, 0.717) is 22.8 Å². The summed E-state index contributed by atoms with van der Waals surface area (Å²) in [6.45, 7) is 4.27. The number of sulfonamides is 1. The number of nitrogens with zero attached hydrogens (tertiary/aromatic N) is 2. The minimum absolute atomic E-state index is 0.0169. The lowest BCUT2D eigenvalue weighted by atomic mass is 10.1. The van der Waals surface area contributed by atoms with Crippen molar-refractivity contribution in [3.05, 3.63) is 64.9 Å². The molecule has 0 aliphatic rings. The van der Waals surface area contributed by atoms with Gasteiger partial charge < -0.3 is 10.2 Å². The van der Waals surface area contributed by atoms with Crippen LogP contribution in [0.1, 0.15) is 38.7 Å². The van der Waals surface area contributed by atoms with Gasteiger partial charge in [-0.05, 0) is 55.7 Å². The maximum atomic E-state index is 13.3. The summed E-state index contributed by atoms with van der Waals surface area (Å²) in [7, 11) is -3.64. The average Bonchev–Trinajstić information content (AvgIpc) is 2.79. The van der Waals surface area contributed by atoms with Crippen molar-refractivity contribution in [1.29, 1.82) is 0 Å². The number of hydrogen-bond donors (Lipinski definition) is 1. The van der Waals surface area contributed by atoms with Crippen LogP contribution in [0.25, 0.3) is 0 Å². The molecule has 2 aromatic carbocycles. The van der Waals surface area contributed by atoms with E-state index in [9.17, 15) is 22.4 Å². The van der Waals surface area contributed by atoms with Gasteiger partial charge in [0.15, 0.2) is 0 Å². The Morgan fingerprint density at radius 1 is 1.12 bits per heavy atom. The summed E-state index contributed by atoms with van der Waals surface area (Å²) < 4.78 is 38.9. The van der Waals surface area contributed by atoms with Gasteiger partial charge in [0, 0.05) is 31.1 Å². The number of amides is 2. The Bertz CT molecular complexity index is 1080. The smallest absolute Gasteiger partial charge is 0.242 e. The largest absolute Gasteiger partial charge is 0.354 e. The van der Waals surface area contributed by atoms with Crippen molar-refractivity contribution in [3.63, 3.8) is 0 Å². The van der Waals surface area contributed by atoms with Crippen molar-refractivity contribution < 1.29 is 22.4 Å². The molecule has 2 amide bonds. The summed E-state index contributed by atoms with van der Waals surface area (Å²) >= 11 is 6.28. The monoisotopic (exact) mass is 511 g/mol. The Hall–Kier alpha value is -2.65. The Balaban J connectivity index is 2.15. The molecule has 0 bridgehead atoms. The van der Waals surface area contributed by atoms with E-state index in [-0.39, 0.29) is 37.7 Å². The lowest BCUT2D eigenvalue weighted by Gasteiger charge is -2.29. The number of halogens is 2. The van der Waals surface area contributed by atoms with Crippen LogP contribution in [-0.2, 0) is 26.2 Å². The van der Waals surface area contributed by atoms with Crippen LogP contribution >= 0.6 is 11.6 Å². The maximum Gasteiger partial charge on any atom is 0.242 e. The van der Waals surface area contributed by atoms with Crippen LogP contribution in [-0.4, -0.2) is 50.5 Å². The van der Waals surface area contributed by atoms with Gasteiger partial charge in [0.1, 0.15) is 11.9 Å². The van der Waals surface area contributed by atoms with E-state index in [2.05, 4.69) is 5.32 Å². The molecule has 0 radical (unpaired) electrons. The molecule has 1 N–H and O–H groups in total. The van der Waals surface area contributed by atoms with Gasteiger partial charge in [0.25, 0.3) is 0 Å². The van der Waals surface area contributed by atoms with E-state index in [1.807, 2.05) is 6.92 Å². The van der Waals surface area contributed by atoms with Gasteiger partial charge in [0.05, 0.1) is 11.9 Å². The number of rotatable bonds is 12. The second kappa shape index (κ2) is 12.7. The Morgan fingerprint density at radius 3 is 2.35 bits per heavy atom. The van der Waals surface area contributed by atoms with Crippen molar-refractivity contribution in [2.45, 2.75) is 45.7 Å². The minimum atomic E-state index is -3.64. The van der Waals surface area contributed by atoms with Gasteiger partial charge in [-0.25, -0.2) is 12.8 Å². The lowest BCUT2D eigenvalue weighted by molar-refractivity contribution is -0.140. The van der Waals surface area contributed by atoms with E-state index < -0.39 is 21.9 Å². The highest BCUT2D eigenvalue weighted by Gasteiger charge is 2.27. The zero-order valence-corrected chi connectivity index (χ0v) is 21.2. The molecule has 0 aromatic heterocycles. The number of hydrogen-bond acceptors (Lipinski definition) is 4. The third-order valence-electron chi connectivity index (χ3n) is 5.28. The molecular weight excluding hydrogens is 481 g/mol. The number of carbonyl (C=O) groups excluding carboxylic acids is 2. The quantitative estimate of drug-likeness (QED) is 0.467. The molecule has 0 saturated heterocycles. The first-order valence-corrected chi connectivity index (χ1v) is 13.3. The number of anilines is 1. The van der Waals surface area contributed by atoms with Crippen molar-refractivity contribution in [3.8, 4) is 0 Å². The first kappa shape index (κ1) is 27.6. The zero-order valence-electron chi connectivity index (χ0n) is 19.6. The molecule has 0 aliphatic carbocycles. The predicted molar refractivity (Wildman–Crippen MR) is 133 cm³/mol. The first-order chi connectivity index (χ1) is 16.0. The molecule has 0 spiro atoms. The Morgan fingerprint density at radius 2 is 1.76 bits per heavy atom. The van der Waals surface area contributed by atoms with E-state index in [1.54, 1.807) is 31.2 Å². The fourth-order valence-electron chi connectivity index (χ4n) is 3.40. The minimum Gasteiger partial charge on any atom is -0.354 e. The van der Waals surface area contributed by atoms with Gasteiger partial charge in [-0.1, -0.05) is 36.7 Å². The highest BCUT2D eigenvalue weighted by Crippen LogP contribution is 2.21. The first-order valence-electron chi connectivity index (χ1n) is 11.1. The summed E-state index contributed by atoms with van der Waals surface area (Å²) in [6, 6.07) is 11.5. The average molecular weight is 512 g/mol.